The van der Waals surface area contributed by atoms with Gasteiger partial charge in [0, 0.05) is 0 Å². The minimum Gasteiger partial charge on any atom is -0.480 e. The quantitative estimate of drug-likeness (QED) is 0.207. The molecule has 4 N–H and O–H groups in total. The summed E-state index contributed by atoms with van der Waals surface area (Å²) in [4.78, 5) is 57.7. The first kappa shape index (κ1) is 28.5. The third-order valence-corrected chi connectivity index (χ3v) is 4.16. The van der Waals surface area contributed by atoms with Crippen LogP contribution in [0.25, 0.3) is 0 Å². The van der Waals surface area contributed by atoms with Gasteiger partial charge in [-0.05, 0) is 12.5 Å². The number of ether oxygens (including phenoxy) is 4. The zero-order valence-corrected chi connectivity index (χ0v) is 18.4. The van der Waals surface area contributed by atoms with E-state index in [9.17, 15) is 24.0 Å². The lowest BCUT2D eigenvalue weighted by molar-refractivity contribution is -0.157. The van der Waals surface area contributed by atoms with Gasteiger partial charge in [0.25, 0.3) is 0 Å². The van der Waals surface area contributed by atoms with Gasteiger partial charge in [0.2, 0.25) is 5.91 Å². The van der Waals surface area contributed by atoms with E-state index < -0.39 is 80.9 Å². The average molecular weight is 485 g/mol. The first-order valence-corrected chi connectivity index (χ1v) is 9.93. The smallest absolute Gasteiger partial charge is 0.331 e. The fourth-order valence-electron chi connectivity index (χ4n) is 2.49. The van der Waals surface area contributed by atoms with Crippen LogP contribution >= 0.6 is 0 Å². The maximum Gasteiger partial charge on any atom is 0.331 e. The van der Waals surface area contributed by atoms with Gasteiger partial charge >= 0.3 is 23.9 Å². The summed E-state index contributed by atoms with van der Waals surface area (Å²) in [5.74, 6) is -5.65. The molecule has 1 amide bonds. The summed E-state index contributed by atoms with van der Waals surface area (Å²) in [6.45, 7) is -2.49. The minimum atomic E-state index is -1.60. The predicted octanol–water partition coefficient (Wildman–Crippen LogP) is -0.475. The van der Waals surface area contributed by atoms with Crippen LogP contribution in [0.2, 0.25) is 0 Å². The number of aliphatic carboxylic acids is 3. The average Bonchev–Trinajstić information content (AvgIpc) is 2.76. The molecule has 0 fully saturated rings. The highest BCUT2D eigenvalue weighted by Crippen LogP contribution is 2.19. The van der Waals surface area contributed by atoms with E-state index in [4.69, 9.17) is 34.3 Å². The Balaban J connectivity index is 2.91. The molecule has 13 nitrogen and oxygen atoms in total. The molecule has 0 aromatic heterocycles. The first-order chi connectivity index (χ1) is 16.0. The van der Waals surface area contributed by atoms with Gasteiger partial charge in [-0.3, -0.25) is 4.79 Å². The van der Waals surface area contributed by atoms with Crippen molar-refractivity contribution >= 4 is 29.8 Å². The third-order valence-electron chi connectivity index (χ3n) is 4.16. The first-order valence-electron chi connectivity index (χ1n) is 9.93. The Labute approximate surface area is 194 Å². The molecular formula is C21H27NO12. The number of benzene rings is 1. The standard InChI is InChI=1S/C21H27NO12/c1-21(12-32-10-17(25)26,13-33-11-18(27)28)20(30)22-15(8-31-9-16(23)24)19(29)34-7-14-5-3-2-4-6-14/h2-6,15H,7-13H2,1H3,(H,22,30)(H,23,24)(H,25,26)(H,27,28)/t15-/m0/s1. The van der Waals surface area contributed by atoms with Crippen molar-refractivity contribution in [2.45, 2.75) is 19.6 Å². The second-order valence-electron chi connectivity index (χ2n) is 7.36. The Bertz CT molecular complexity index is 821. The number of amides is 1. The second kappa shape index (κ2) is 14.6. The van der Waals surface area contributed by atoms with Gasteiger partial charge in [-0.1, -0.05) is 30.3 Å². The van der Waals surface area contributed by atoms with Gasteiger partial charge in [-0.25, -0.2) is 19.2 Å². The van der Waals surface area contributed by atoms with Crippen molar-refractivity contribution in [2.24, 2.45) is 5.41 Å². The summed E-state index contributed by atoms with van der Waals surface area (Å²) in [6.07, 6.45) is 0. The lowest BCUT2D eigenvalue weighted by Gasteiger charge is -2.29. The molecule has 188 valence electrons. The molecule has 0 aliphatic heterocycles. The van der Waals surface area contributed by atoms with Crippen LogP contribution < -0.4 is 5.32 Å². The second-order valence-corrected chi connectivity index (χ2v) is 7.36. The Morgan fingerprint density at radius 1 is 0.853 bits per heavy atom. The summed E-state index contributed by atoms with van der Waals surface area (Å²) in [5, 5.41) is 28.6. The van der Waals surface area contributed by atoms with E-state index >= 15 is 0 Å². The topological polar surface area (TPSA) is 195 Å². The van der Waals surface area contributed by atoms with Crippen LogP contribution in [0.15, 0.2) is 30.3 Å². The van der Waals surface area contributed by atoms with E-state index in [1.807, 2.05) is 0 Å². The van der Waals surface area contributed by atoms with Crippen LogP contribution in [-0.4, -0.2) is 90.8 Å². The molecule has 0 heterocycles. The monoisotopic (exact) mass is 485 g/mol. The lowest BCUT2D eigenvalue weighted by atomic mass is 9.91. The molecule has 1 rings (SSSR count). The highest BCUT2D eigenvalue weighted by molar-refractivity contribution is 5.88. The summed E-state index contributed by atoms with van der Waals surface area (Å²) >= 11 is 0. The Morgan fingerprint density at radius 2 is 1.35 bits per heavy atom. The Hall–Kier alpha value is -3.55. The maximum absolute atomic E-state index is 13.0. The largest absolute Gasteiger partial charge is 0.480 e. The maximum atomic E-state index is 13.0. The van der Waals surface area contributed by atoms with Crippen LogP contribution in [0, 0.1) is 5.41 Å². The molecule has 34 heavy (non-hydrogen) atoms. The van der Waals surface area contributed by atoms with E-state index in [1.165, 1.54) is 6.92 Å². The minimum absolute atomic E-state index is 0.119. The number of rotatable bonds is 17. The molecule has 1 aromatic rings. The van der Waals surface area contributed by atoms with Crippen molar-refractivity contribution in [3.05, 3.63) is 35.9 Å². The van der Waals surface area contributed by atoms with Gasteiger partial charge < -0.3 is 39.6 Å². The van der Waals surface area contributed by atoms with Crippen molar-refractivity contribution in [3.63, 3.8) is 0 Å². The normalized spacial score (nSPS) is 11.9. The summed E-state index contributed by atoms with van der Waals surface area (Å²) < 4.78 is 20.1. The Kier molecular flexibility index (Phi) is 12.2. The molecule has 0 aliphatic carbocycles. The fourth-order valence-corrected chi connectivity index (χ4v) is 2.49. The van der Waals surface area contributed by atoms with Gasteiger partial charge in [-0.2, -0.15) is 0 Å². The van der Waals surface area contributed by atoms with E-state index in [0.717, 1.165) is 0 Å². The highest BCUT2D eigenvalue weighted by Gasteiger charge is 2.37. The van der Waals surface area contributed by atoms with Crippen molar-refractivity contribution in [2.75, 3.05) is 39.6 Å². The van der Waals surface area contributed by atoms with E-state index in [0.29, 0.717) is 5.56 Å². The summed E-state index contributed by atoms with van der Waals surface area (Å²) in [7, 11) is 0. The number of nitrogens with one attached hydrogen (secondary N) is 1. The zero-order chi connectivity index (χ0) is 25.6. The molecular weight excluding hydrogens is 458 g/mol. The number of carbonyl (C=O) groups is 5. The molecule has 13 heteroatoms. The van der Waals surface area contributed by atoms with Crippen molar-refractivity contribution < 1.29 is 58.2 Å². The lowest BCUT2D eigenvalue weighted by Crippen LogP contribution is -2.53. The third kappa shape index (κ3) is 11.4. The number of carboxylic acids is 3. The molecule has 0 bridgehead atoms. The molecule has 0 saturated heterocycles. The van der Waals surface area contributed by atoms with E-state index in [2.05, 4.69) is 5.32 Å². The van der Waals surface area contributed by atoms with Crippen LogP contribution in [0.4, 0.5) is 0 Å². The van der Waals surface area contributed by atoms with Gasteiger partial charge in [0.05, 0.1) is 25.2 Å². The number of esters is 1. The van der Waals surface area contributed by atoms with Crippen LogP contribution in [0.3, 0.4) is 0 Å². The zero-order valence-electron chi connectivity index (χ0n) is 18.4. The molecule has 0 unspecified atom stereocenters. The number of carbonyl (C=O) groups excluding carboxylic acids is 2. The van der Waals surface area contributed by atoms with Crippen molar-refractivity contribution in [1.82, 2.24) is 5.32 Å². The van der Waals surface area contributed by atoms with Crippen LogP contribution in [0.5, 0.6) is 0 Å². The molecule has 0 saturated carbocycles. The fraction of sp³-hybridized carbons (Fsp3) is 0.476. The van der Waals surface area contributed by atoms with Crippen molar-refractivity contribution in [3.8, 4) is 0 Å². The van der Waals surface area contributed by atoms with Crippen molar-refractivity contribution in [1.29, 1.82) is 0 Å². The van der Waals surface area contributed by atoms with Gasteiger partial charge in [0.15, 0.2) is 6.04 Å². The molecule has 1 aromatic carbocycles. The summed E-state index contributed by atoms with van der Waals surface area (Å²) in [5.41, 5.74) is -0.934. The van der Waals surface area contributed by atoms with E-state index in [-0.39, 0.29) is 6.61 Å². The number of hydrogen-bond donors (Lipinski definition) is 4. The molecule has 0 radical (unpaired) electrons. The van der Waals surface area contributed by atoms with E-state index in [1.54, 1.807) is 30.3 Å². The Morgan fingerprint density at radius 3 is 1.85 bits per heavy atom. The summed E-state index contributed by atoms with van der Waals surface area (Å²) in [6, 6.07) is 7.23. The number of hydrogen-bond acceptors (Lipinski definition) is 9. The predicted molar refractivity (Wildman–Crippen MR) is 112 cm³/mol. The highest BCUT2D eigenvalue weighted by atomic mass is 16.5. The molecule has 0 aliphatic rings. The van der Waals surface area contributed by atoms with Crippen LogP contribution in [0.1, 0.15) is 12.5 Å². The van der Waals surface area contributed by atoms with Crippen LogP contribution in [-0.2, 0) is 49.5 Å². The molecule has 1 atom stereocenters. The van der Waals surface area contributed by atoms with Gasteiger partial charge in [0.1, 0.15) is 26.4 Å². The molecule has 0 spiro atoms. The SMILES string of the molecule is CC(COCC(=O)O)(COCC(=O)O)C(=O)N[C@@H](COCC(=O)O)C(=O)OCc1ccccc1. The van der Waals surface area contributed by atoms with Gasteiger partial charge in [-0.15, -0.1) is 0 Å². The number of carboxylic acid groups (broad SMARTS) is 3.